The highest BCUT2D eigenvalue weighted by Crippen LogP contribution is 2.38. The Morgan fingerprint density at radius 1 is 0.769 bits per heavy atom. The second-order valence-electron chi connectivity index (χ2n) is 10.3. The second kappa shape index (κ2) is 8.09. The Morgan fingerprint density at radius 2 is 1.12 bits per heavy atom. The molecule has 0 unspecified atom stereocenters. The van der Waals surface area contributed by atoms with Crippen molar-refractivity contribution < 1.29 is 13.6 Å². The molecule has 0 saturated heterocycles. The van der Waals surface area contributed by atoms with E-state index in [0.717, 1.165) is 17.4 Å². The van der Waals surface area contributed by atoms with Crippen LogP contribution < -0.4 is 0 Å². The van der Waals surface area contributed by atoms with Crippen LogP contribution in [-0.4, -0.2) is 22.9 Å². The highest BCUT2D eigenvalue weighted by molar-refractivity contribution is 6.74. The topological polar surface area (TPSA) is 35.5 Å². The van der Waals surface area contributed by atoms with E-state index >= 15 is 0 Å². The number of aldehydes is 1. The first-order valence-electron chi connectivity index (χ1n) is 9.45. The molecule has 0 amide bonds. The van der Waals surface area contributed by atoms with Crippen LogP contribution in [0.4, 0.5) is 0 Å². The Morgan fingerprint density at radius 3 is 1.38 bits per heavy atom. The normalized spacial score (nSPS) is 13.8. The van der Waals surface area contributed by atoms with Crippen molar-refractivity contribution in [2.75, 3.05) is 0 Å². The van der Waals surface area contributed by atoms with Crippen LogP contribution in [0.15, 0.2) is 18.2 Å². The van der Waals surface area contributed by atoms with Gasteiger partial charge in [0.05, 0.1) is 13.2 Å². The molecule has 3 nitrogen and oxygen atoms in total. The van der Waals surface area contributed by atoms with Crippen LogP contribution in [0.3, 0.4) is 0 Å². The van der Waals surface area contributed by atoms with E-state index in [1.165, 1.54) is 0 Å². The lowest BCUT2D eigenvalue weighted by Gasteiger charge is -2.36. The van der Waals surface area contributed by atoms with Crippen molar-refractivity contribution in [2.45, 2.75) is 91.0 Å². The molecular formula is C21H38O3Si2. The molecule has 0 aliphatic carbocycles. The van der Waals surface area contributed by atoms with Crippen LogP contribution in [0.2, 0.25) is 36.3 Å². The summed E-state index contributed by atoms with van der Waals surface area (Å²) < 4.78 is 12.6. The van der Waals surface area contributed by atoms with Crippen molar-refractivity contribution in [3.8, 4) is 0 Å². The van der Waals surface area contributed by atoms with Gasteiger partial charge in [0.25, 0.3) is 0 Å². The van der Waals surface area contributed by atoms with Crippen LogP contribution in [0.5, 0.6) is 0 Å². The maximum atomic E-state index is 11.4. The first-order valence-corrected chi connectivity index (χ1v) is 15.3. The molecule has 0 bridgehead atoms. The fourth-order valence-electron chi connectivity index (χ4n) is 1.99. The highest BCUT2D eigenvalue weighted by atomic mass is 28.4. The van der Waals surface area contributed by atoms with Crippen LogP contribution >= 0.6 is 0 Å². The lowest BCUT2D eigenvalue weighted by atomic mass is 10.1. The number of carbonyl (C=O) groups excluding carboxylic acids is 1. The van der Waals surface area contributed by atoms with E-state index in [1.807, 2.05) is 12.1 Å². The van der Waals surface area contributed by atoms with Crippen molar-refractivity contribution in [1.82, 2.24) is 0 Å². The standard InChI is InChI=1S/C21H38O3Si2/c1-20(2,3)25(7,8)23-15-18-11-17(14-22)12-19(13-18)16-24-26(9,10)21(4,5)6/h11-14H,15-16H2,1-10H3. The molecule has 26 heavy (non-hydrogen) atoms. The molecule has 148 valence electrons. The predicted molar refractivity (Wildman–Crippen MR) is 116 cm³/mol. The van der Waals surface area contributed by atoms with Gasteiger partial charge in [0.15, 0.2) is 16.6 Å². The quantitative estimate of drug-likeness (QED) is 0.389. The third kappa shape index (κ3) is 6.15. The van der Waals surface area contributed by atoms with Gasteiger partial charge < -0.3 is 8.85 Å². The fraction of sp³-hybridized carbons (Fsp3) is 0.667. The largest absolute Gasteiger partial charge is 0.413 e. The Hall–Kier alpha value is -0.756. The minimum atomic E-state index is -1.82. The van der Waals surface area contributed by atoms with E-state index in [2.05, 4.69) is 73.8 Å². The summed E-state index contributed by atoms with van der Waals surface area (Å²) in [6.45, 7) is 23.5. The van der Waals surface area contributed by atoms with E-state index in [9.17, 15) is 4.79 Å². The monoisotopic (exact) mass is 394 g/mol. The van der Waals surface area contributed by atoms with Gasteiger partial charge in [-0.3, -0.25) is 4.79 Å². The first-order chi connectivity index (χ1) is 11.6. The zero-order valence-corrected chi connectivity index (χ0v) is 20.4. The summed E-state index contributed by atoms with van der Waals surface area (Å²) in [7, 11) is -3.64. The van der Waals surface area contributed by atoms with Crippen molar-refractivity contribution in [2.24, 2.45) is 0 Å². The number of hydrogen-bond acceptors (Lipinski definition) is 3. The van der Waals surface area contributed by atoms with E-state index in [1.54, 1.807) is 0 Å². The Balaban J connectivity index is 2.94. The number of hydrogen-bond donors (Lipinski definition) is 0. The maximum Gasteiger partial charge on any atom is 0.192 e. The summed E-state index contributed by atoms with van der Waals surface area (Å²) in [5, 5.41) is 0.340. The minimum absolute atomic E-state index is 0.170. The third-order valence-corrected chi connectivity index (χ3v) is 15.0. The van der Waals surface area contributed by atoms with Crippen LogP contribution in [0, 0.1) is 0 Å². The molecule has 0 aliphatic heterocycles. The van der Waals surface area contributed by atoms with Gasteiger partial charge in [0, 0.05) is 5.56 Å². The van der Waals surface area contributed by atoms with Crippen LogP contribution in [0.1, 0.15) is 63.0 Å². The molecule has 5 heteroatoms. The van der Waals surface area contributed by atoms with Gasteiger partial charge in [-0.05, 0) is 59.5 Å². The fourth-order valence-corrected chi connectivity index (χ4v) is 3.91. The van der Waals surface area contributed by atoms with Gasteiger partial charge in [0.2, 0.25) is 0 Å². The van der Waals surface area contributed by atoms with Crippen LogP contribution in [-0.2, 0) is 22.1 Å². The third-order valence-electron chi connectivity index (χ3n) is 6.02. The van der Waals surface area contributed by atoms with Gasteiger partial charge in [-0.1, -0.05) is 47.6 Å². The van der Waals surface area contributed by atoms with Gasteiger partial charge >= 0.3 is 0 Å². The SMILES string of the molecule is CC(C)(C)[Si](C)(C)OCc1cc(C=O)cc(CO[Si](C)(C)C(C)(C)C)c1. The predicted octanol–water partition coefficient (Wildman–Crippen LogP) is 6.54. The highest BCUT2D eigenvalue weighted by Gasteiger charge is 2.38. The van der Waals surface area contributed by atoms with Gasteiger partial charge in [-0.2, -0.15) is 0 Å². The average molecular weight is 395 g/mol. The Kier molecular flexibility index (Phi) is 7.24. The average Bonchev–Trinajstić information content (AvgIpc) is 2.48. The molecular weight excluding hydrogens is 356 g/mol. The summed E-state index contributed by atoms with van der Waals surface area (Å²) in [4.78, 5) is 11.4. The van der Waals surface area contributed by atoms with E-state index in [4.69, 9.17) is 8.85 Å². The minimum Gasteiger partial charge on any atom is -0.413 e. The maximum absolute atomic E-state index is 11.4. The Bertz CT molecular complexity index is 575. The molecule has 0 aromatic heterocycles. The van der Waals surface area contributed by atoms with E-state index in [-0.39, 0.29) is 10.1 Å². The second-order valence-corrected chi connectivity index (χ2v) is 19.9. The number of carbonyl (C=O) groups is 1. The van der Waals surface area contributed by atoms with Gasteiger partial charge in [-0.15, -0.1) is 0 Å². The van der Waals surface area contributed by atoms with Crippen molar-refractivity contribution in [1.29, 1.82) is 0 Å². The zero-order chi connectivity index (χ0) is 20.4. The molecule has 0 spiro atoms. The summed E-state index contributed by atoms with van der Waals surface area (Å²) >= 11 is 0. The molecule has 1 aromatic carbocycles. The summed E-state index contributed by atoms with van der Waals surface area (Å²) in [6, 6.07) is 5.97. The number of benzene rings is 1. The zero-order valence-electron chi connectivity index (χ0n) is 18.4. The van der Waals surface area contributed by atoms with E-state index < -0.39 is 16.6 Å². The molecule has 0 heterocycles. The lowest BCUT2D eigenvalue weighted by Crippen LogP contribution is -2.40. The van der Waals surface area contributed by atoms with Gasteiger partial charge in [0.1, 0.15) is 6.29 Å². The smallest absolute Gasteiger partial charge is 0.192 e. The molecule has 1 aromatic rings. The van der Waals surface area contributed by atoms with Crippen molar-refractivity contribution >= 4 is 22.9 Å². The van der Waals surface area contributed by atoms with Crippen molar-refractivity contribution in [3.63, 3.8) is 0 Å². The Labute approximate surface area is 162 Å². The van der Waals surface area contributed by atoms with Crippen molar-refractivity contribution in [3.05, 3.63) is 34.9 Å². The molecule has 0 aliphatic rings. The van der Waals surface area contributed by atoms with Gasteiger partial charge in [-0.25, -0.2) is 0 Å². The number of rotatable bonds is 7. The molecule has 1 rings (SSSR count). The summed E-state index contributed by atoms with van der Waals surface area (Å²) in [6.07, 6.45) is 0.908. The summed E-state index contributed by atoms with van der Waals surface area (Å²) in [5.41, 5.74) is 2.79. The first kappa shape index (κ1) is 23.3. The molecule has 0 radical (unpaired) electrons. The van der Waals surface area contributed by atoms with Crippen LogP contribution in [0.25, 0.3) is 0 Å². The molecule has 0 saturated carbocycles. The molecule has 0 fully saturated rings. The summed E-state index contributed by atoms with van der Waals surface area (Å²) in [5.74, 6) is 0. The lowest BCUT2D eigenvalue weighted by molar-refractivity contribution is 0.112. The molecule has 0 atom stereocenters. The molecule has 0 N–H and O–H groups in total. The van der Waals surface area contributed by atoms with E-state index in [0.29, 0.717) is 18.8 Å².